The first kappa shape index (κ1) is 24.5. The van der Waals surface area contributed by atoms with Crippen molar-refractivity contribution in [1.82, 2.24) is 9.21 Å². The molecule has 1 aromatic rings. The lowest BCUT2D eigenvalue weighted by Gasteiger charge is -2.40. The summed E-state index contributed by atoms with van der Waals surface area (Å²) >= 11 is 0. The molecule has 1 amide bonds. The van der Waals surface area contributed by atoms with Crippen molar-refractivity contribution in [3.63, 3.8) is 0 Å². The molecule has 0 unspecified atom stereocenters. The molecule has 1 heterocycles. The molecular weight excluding hydrogens is 453 g/mol. The van der Waals surface area contributed by atoms with Crippen molar-refractivity contribution in [3.8, 4) is 0 Å². The summed E-state index contributed by atoms with van der Waals surface area (Å²) in [6.45, 7) is 2.52. The molecule has 4 rings (SSSR count). The Bertz CT molecular complexity index is 946. The van der Waals surface area contributed by atoms with Crippen molar-refractivity contribution in [2.45, 2.75) is 87.9 Å². The first-order valence-electron chi connectivity index (χ1n) is 12.1. The van der Waals surface area contributed by atoms with E-state index in [2.05, 4.69) is 11.8 Å². The number of piperidine rings is 1. The number of carbonyl (C=O) groups is 1. The third-order valence-corrected chi connectivity index (χ3v) is 9.48. The van der Waals surface area contributed by atoms with Gasteiger partial charge in [0.25, 0.3) is 0 Å². The van der Waals surface area contributed by atoms with Crippen molar-refractivity contribution in [2.75, 3.05) is 13.1 Å². The Morgan fingerprint density at radius 2 is 1.58 bits per heavy atom. The van der Waals surface area contributed by atoms with Gasteiger partial charge >= 0.3 is 6.18 Å². The number of sulfonamides is 1. The predicted molar refractivity (Wildman–Crippen MR) is 119 cm³/mol. The summed E-state index contributed by atoms with van der Waals surface area (Å²) in [4.78, 5) is 15.2. The Labute approximate surface area is 194 Å². The third kappa shape index (κ3) is 5.39. The molecular formula is C24H33F3N2O3S. The quantitative estimate of drug-likeness (QED) is 0.564. The Morgan fingerprint density at radius 3 is 2.09 bits per heavy atom. The summed E-state index contributed by atoms with van der Waals surface area (Å²) in [5.74, 6) is 0.678. The second-order valence-corrected chi connectivity index (χ2v) is 11.7. The van der Waals surface area contributed by atoms with Crippen LogP contribution in [0.25, 0.3) is 0 Å². The van der Waals surface area contributed by atoms with E-state index >= 15 is 0 Å². The molecule has 5 nitrogen and oxygen atoms in total. The molecule has 33 heavy (non-hydrogen) atoms. The largest absolute Gasteiger partial charge is 0.416 e. The number of rotatable bonds is 6. The number of hydrogen-bond acceptors (Lipinski definition) is 3. The van der Waals surface area contributed by atoms with Gasteiger partial charge in [-0.05, 0) is 75.5 Å². The highest BCUT2D eigenvalue weighted by atomic mass is 32.2. The van der Waals surface area contributed by atoms with E-state index in [1.807, 2.05) is 0 Å². The van der Waals surface area contributed by atoms with E-state index in [1.54, 1.807) is 0 Å². The van der Waals surface area contributed by atoms with Gasteiger partial charge in [-0.25, -0.2) is 8.42 Å². The number of carbonyl (C=O) groups excluding carboxylic acids is 1. The Hall–Kier alpha value is -1.61. The minimum atomic E-state index is -4.60. The lowest BCUT2D eigenvalue weighted by molar-refractivity contribution is -0.141. The summed E-state index contributed by atoms with van der Waals surface area (Å²) in [6, 6.07) is 4.49. The smallest absolute Gasteiger partial charge is 0.336 e. The Balaban J connectivity index is 1.40. The number of nitrogens with zero attached hydrogens (tertiary/aromatic N) is 2. The fourth-order valence-corrected chi connectivity index (χ4v) is 6.89. The second-order valence-electron chi connectivity index (χ2n) is 9.76. The lowest BCUT2D eigenvalue weighted by atomic mass is 9.83. The van der Waals surface area contributed by atoms with Crippen LogP contribution in [0, 0.1) is 11.8 Å². The molecule has 0 bridgehead atoms. The summed E-state index contributed by atoms with van der Waals surface area (Å²) in [7, 11) is -4.04. The van der Waals surface area contributed by atoms with Gasteiger partial charge in [0, 0.05) is 31.1 Å². The maximum absolute atomic E-state index is 13.4. The molecule has 1 saturated heterocycles. The van der Waals surface area contributed by atoms with E-state index in [0.717, 1.165) is 56.6 Å². The molecule has 1 aromatic carbocycles. The van der Waals surface area contributed by atoms with Crippen LogP contribution in [0.5, 0.6) is 0 Å². The van der Waals surface area contributed by atoms with Crippen LogP contribution in [0.2, 0.25) is 0 Å². The van der Waals surface area contributed by atoms with Crippen LogP contribution >= 0.6 is 0 Å². The maximum atomic E-state index is 13.4. The minimum Gasteiger partial charge on any atom is -0.336 e. The van der Waals surface area contributed by atoms with Crippen molar-refractivity contribution in [2.24, 2.45) is 11.8 Å². The third-order valence-electron chi connectivity index (χ3n) is 7.58. The molecule has 0 N–H and O–H groups in total. The molecule has 3 fully saturated rings. The number of hydrogen-bond donors (Lipinski definition) is 0. The van der Waals surface area contributed by atoms with Gasteiger partial charge in [-0.2, -0.15) is 17.5 Å². The standard InChI is InChI=1S/C24H33F3N2O3S/c1-2-17-6-8-20(9-7-17)29(21-10-11-21)23(30)18-12-14-28(15-13-18)33(31,32)22-5-3-4-19(16-22)24(25,26)27/h3-5,16-18,20-21H,2,6-15H2,1H3. The summed E-state index contributed by atoms with van der Waals surface area (Å²) < 4.78 is 66.2. The number of halogens is 3. The van der Waals surface area contributed by atoms with E-state index in [9.17, 15) is 26.4 Å². The lowest BCUT2D eigenvalue weighted by Crippen LogP contribution is -2.49. The van der Waals surface area contributed by atoms with Crippen LogP contribution in [0.3, 0.4) is 0 Å². The minimum absolute atomic E-state index is 0.147. The zero-order valence-corrected chi connectivity index (χ0v) is 19.9. The van der Waals surface area contributed by atoms with Gasteiger partial charge in [-0.3, -0.25) is 4.79 Å². The SMILES string of the molecule is CCC1CCC(N(C(=O)C2CCN(S(=O)(=O)c3cccc(C(F)(F)F)c3)CC2)C2CC2)CC1. The van der Waals surface area contributed by atoms with Crippen LogP contribution < -0.4 is 0 Å². The van der Waals surface area contributed by atoms with Crippen molar-refractivity contribution >= 4 is 15.9 Å². The Morgan fingerprint density at radius 1 is 1.00 bits per heavy atom. The van der Waals surface area contributed by atoms with E-state index in [1.165, 1.54) is 16.8 Å². The molecule has 1 aliphatic heterocycles. The molecule has 0 aromatic heterocycles. The second kappa shape index (κ2) is 9.56. The zero-order chi connectivity index (χ0) is 23.8. The molecule has 2 saturated carbocycles. The number of benzene rings is 1. The molecule has 2 aliphatic carbocycles. The average molecular weight is 487 g/mol. The normalized spacial score (nSPS) is 25.7. The van der Waals surface area contributed by atoms with Crippen molar-refractivity contribution < 1.29 is 26.4 Å². The maximum Gasteiger partial charge on any atom is 0.416 e. The van der Waals surface area contributed by atoms with Gasteiger partial charge in [0.1, 0.15) is 0 Å². The zero-order valence-electron chi connectivity index (χ0n) is 19.1. The van der Waals surface area contributed by atoms with Crippen molar-refractivity contribution in [1.29, 1.82) is 0 Å². The van der Waals surface area contributed by atoms with Crippen LogP contribution in [-0.2, 0) is 21.0 Å². The fourth-order valence-electron chi connectivity index (χ4n) is 5.38. The van der Waals surface area contributed by atoms with E-state index < -0.39 is 21.8 Å². The summed E-state index contributed by atoms with van der Waals surface area (Å²) in [5.41, 5.74) is -0.980. The predicted octanol–water partition coefficient (Wildman–Crippen LogP) is 5.07. The average Bonchev–Trinajstić information content (AvgIpc) is 3.64. The number of alkyl halides is 3. The van der Waals surface area contributed by atoms with Crippen LogP contribution in [0.1, 0.15) is 70.3 Å². The van der Waals surface area contributed by atoms with Gasteiger partial charge in [0.05, 0.1) is 10.5 Å². The van der Waals surface area contributed by atoms with Crippen LogP contribution in [0.15, 0.2) is 29.2 Å². The van der Waals surface area contributed by atoms with Gasteiger partial charge in [-0.15, -0.1) is 0 Å². The van der Waals surface area contributed by atoms with Crippen LogP contribution in [-0.4, -0.2) is 48.7 Å². The molecule has 0 atom stereocenters. The van der Waals surface area contributed by atoms with Crippen molar-refractivity contribution in [3.05, 3.63) is 29.8 Å². The number of amides is 1. The fraction of sp³-hybridized carbons (Fsp3) is 0.708. The first-order chi connectivity index (χ1) is 15.6. The Kier molecular flexibility index (Phi) is 7.10. The highest BCUT2D eigenvalue weighted by Gasteiger charge is 2.42. The molecule has 184 valence electrons. The highest BCUT2D eigenvalue weighted by molar-refractivity contribution is 7.89. The monoisotopic (exact) mass is 486 g/mol. The first-order valence-corrected chi connectivity index (χ1v) is 13.5. The van der Waals surface area contributed by atoms with E-state index in [0.29, 0.717) is 31.0 Å². The molecule has 0 radical (unpaired) electrons. The molecule has 3 aliphatic rings. The van der Waals surface area contributed by atoms with Crippen LogP contribution in [0.4, 0.5) is 13.2 Å². The molecule has 9 heteroatoms. The van der Waals surface area contributed by atoms with Gasteiger partial charge < -0.3 is 4.90 Å². The topological polar surface area (TPSA) is 57.7 Å². The van der Waals surface area contributed by atoms with Gasteiger partial charge in [0.15, 0.2) is 0 Å². The molecule has 0 spiro atoms. The van der Waals surface area contributed by atoms with Gasteiger partial charge in [-0.1, -0.05) is 19.4 Å². The van der Waals surface area contributed by atoms with E-state index in [-0.39, 0.29) is 29.8 Å². The highest BCUT2D eigenvalue weighted by Crippen LogP contribution is 2.38. The summed E-state index contributed by atoms with van der Waals surface area (Å²) in [5, 5.41) is 0. The summed E-state index contributed by atoms with van der Waals surface area (Å²) in [6.07, 6.45) is 3.89. The van der Waals surface area contributed by atoms with Gasteiger partial charge in [0.2, 0.25) is 15.9 Å². The van der Waals surface area contributed by atoms with E-state index in [4.69, 9.17) is 0 Å².